The van der Waals surface area contributed by atoms with E-state index in [9.17, 15) is 13.5 Å². The van der Waals surface area contributed by atoms with Crippen LogP contribution in [0.25, 0.3) is 0 Å². The molecule has 0 aliphatic rings. The summed E-state index contributed by atoms with van der Waals surface area (Å²) in [4.78, 5) is 9.74. The molecule has 34 heavy (non-hydrogen) atoms. The Kier molecular flexibility index (Phi) is 8.12. The topological polar surface area (TPSA) is 117 Å². The second-order valence-electron chi connectivity index (χ2n) is 8.40. The summed E-state index contributed by atoms with van der Waals surface area (Å²) in [5.41, 5.74) is 0.802. The maximum absolute atomic E-state index is 12.6. The quantitative estimate of drug-likeness (QED) is 0.350. The summed E-state index contributed by atoms with van der Waals surface area (Å²) in [7, 11) is -4.59. The second-order valence-corrected chi connectivity index (χ2v) is 12.7. The minimum Gasteiger partial charge on any atom is -0.388 e. The molecule has 3 aromatic rings. The molecule has 3 rings (SSSR count). The lowest BCUT2D eigenvalue weighted by molar-refractivity contribution is 0.0647. The maximum Gasteiger partial charge on any atom is 0.288 e. The predicted octanol–water partition coefficient (Wildman–Crippen LogP) is 5.04. The number of sulfonamides is 1. The summed E-state index contributed by atoms with van der Waals surface area (Å²) in [5.74, 6) is 0.933. The Balaban J connectivity index is 1.75. The van der Waals surface area contributed by atoms with Gasteiger partial charge >= 0.3 is 0 Å². The van der Waals surface area contributed by atoms with Crippen LogP contribution in [0.1, 0.15) is 26.3 Å². The lowest BCUT2D eigenvalue weighted by atomic mass is 10.0. The number of hydrogen-bond acceptors (Lipinski definition) is 7. The van der Waals surface area contributed by atoms with Gasteiger partial charge in [-0.3, -0.25) is 0 Å². The number of aliphatic hydroxyl groups is 1. The molecule has 0 amide bonds. The molecule has 8 nitrogen and oxygen atoms in total. The van der Waals surface area contributed by atoms with Crippen molar-refractivity contribution in [1.82, 2.24) is 9.97 Å². The first-order chi connectivity index (χ1) is 15.8. The fourth-order valence-electron chi connectivity index (χ4n) is 2.72. The molecule has 1 heterocycles. The lowest BCUT2D eigenvalue weighted by Crippen LogP contribution is -2.39. The Bertz CT molecular complexity index is 1290. The molecule has 0 spiro atoms. The van der Waals surface area contributed by atoms with E-state index >= 15 is 0 Å². The third-order valence-electron chi connectivity index (χ3n) is 5.14. The van der Waals surface area contributed by atoms with Gasteiger partial charge in [-0.05, 0) is 86.3 Å². The molecule has 2 aromatic carbocycles. The van der Waals surface area contributed by atoms with E-state index in [-0.39, 0.29) is 10.9 Å². The van der Waals surface area contributed by atoms with E-state index < -0.39 is 26.3 Å². The molecule has 182 valence electrons. The van der Waals surface area contributed by atoms with Crippen LogP contribution < -0.4 is 10.6 Å². The van der Waals surface area contributed by atoms with Crippen molar-refractivity contribution >= 4 is 54.1 Å². The van der Waals surface area contributed by atoms with Crippen molar-refractivity contribution in [2.45, 2.75) is 49.1 Å². The van der Waals surface area contributed by atoms with Crippen molar-refractivity contribution in [3.63, 3.8) is 0 Å². The van der Waals surface area contributed by atoms with Crippen LogP contribution in [-0.2, 0) is 20.7 Å². The van der Waals surface area contributed by atoms with E-state index in [1.165, 1.54) is 0 Å². The van der Waals surface area contributed by atoms with Crippen LogP contribution in [0.3, 0.4) is 0 Å². The highest BCUT2D eigenvalue weighted by Crippen LogP contribution is 2.25. The molecule has 0 saturated heterocycles. The first-order valence-electron chi connectivity index (χ1n) is 10.4. The zero-order chi connectivity index (χ0) is 25.1. The van der Waals surface area contributed by atoms with Gasteiger partial charge in [0.2, 0.25) is 5.95 Å². The van der Waals surface area contributed by atoms with Gasteiger partial charge < -0.3 is 15.7 Å². The van der Waals surface area contributed by atoms with Crippen LogP contribution in [0.4, 0.5) is 17.5 Å². The SMILES string of the molecule is Cc1ccc(S(=O)(=O)N=S(C)c2ccc(Nc3ncc(Br)c(N[C@H](C)C(C)(C)O)n3)cc2)cc1. The van der Waals surface area contributed by atoms with Crippen LogP contribution in [-0.4, -0.2) is 41.4 Å². The molecule has 3 N–H and O–H groups in total. The van der Waals surface area contributed by atoms with Gasteiger partial charge in [-0.15, -0.1) is 3.77 Å². The number of halogens is 1. The second kappa shape index (κ2) is 10.5. The molecule has 0 aliphatic carbocycles. The number of nitrogens with zero attached hydrogens (tertiary/aromatic N) is 3. The molecule has 2 atom stereocenters. The third-order valence-corrected chi connectivity index (χ3v) is 9.22. The predicted molar refractivity (Wildman–Crippen MR) is 141 cm³/mol. The number of hydrogen-bond donors (Lipinski definition) is 3. The maximum atomic E-state index is 12.6. The molecular formula is C23H28BrN5O3S2. The number of anilines is 3. The fraction of sp³-hybridized carbons (Fsp3) is 0.304. The molecule has 1 unspecified atom stereocenters. The van der Waals surface area contributed by atoms with E-state index in [1.807, 2.05) is 38.1 Å². The smallest absolute Gasteiger partial charge is 0.288 e. The molecule has 0 aliphatic heterocycles. The van der Waals surface area contributed by atoms with Gasteiger partial charge in [-0.25, -0.2) is 4.98 Å². The highest BCUT2D eigenvalue weighted by molar-refractivity contribution is 9.10. The summed E-state index contributed by atoms with van der Waals surface area (Å²) < 4.78 is 30.0. The number of aromatic nitrogens is 2. The normalized spacial score (nSPS) is 14.0. The third kappa shape index (κ3) is 6.84. The van der Waals surface area contributed by atoms with Crippen LogP contribution >= 0.6 is 15.9 Å². The van der Waals surface area contributed by atoms with Gasteiger partial charge in [0.15, 0.2) is 0 Å². The highest BCUT2D eigenvalue weighted by atomic mass is 79.9. The van der Waals surface area contributed by atoms with Gasteiger partial charge in [0, 0.05) is 16.8 Å². The Morgan fingerprint density at radius 2 is 1.74 bits per heavy atom. The zero-order valence-electron chi connectivity index (χ0n) is 19.6. The van der Waals surface area contributed by atoms with Gasteiger partial charge in [-0.2, -0.15) is 13.4 Å². The summed E-state index contributed by atoms with van der Waals surface area (Å²) in [6.45, 7) is 7.22. The summed E-state index contributed by atoms with van der Waals surface area (Å²) in [5, 5.41) is 16.5. The highest BCUT2D eigenvalue weighted by Gasteiger charge is 2.23. The van der Waals surface area contributed by atoms with Crippen molar-refractivity contribution < 1.29 is 13.5 Å². The minimum atomic E-state index is -3.74. The van der Waals surface area contributed by atoms with Crippen molar-refractivity contribution in [3.05, 3.63) is 64.8 Å². The van der Waals surface area contributed by atoms with Crippen LogP contribution in [0.5, 0.6) is 0 Å². The van der Waals surface area contributed by atoms with Crippen molar-refractivity contribution in [1.29, 1.82) is 0 Å². The van der Waals surface area contributed by atoms with E-state index in [0.29, 0.717) is 16.2 Å². The monoisotopic (exact) mass is 565 g/mol. The van der Waals surface area contributed by atoms with Crippen molar-refractivity contribution in [2.24, 2.45) is 3.77 Å². The van der Waals surface area contributed by atoms with Crippen molar-refractivity contribution in [2.75, 3.05) is 16.9 Å². The van der Waals surface area contributed by atoms with E-state index in [4.69, 9.17) is 0 Å². The van der Waals surface area contributed by atoms with Gasteiger partial charge in [0.25, 0.3) is 10.0 Å². The number of benzene rings is 2. The summed E-state index contributed by atoms with van der Waals surface area (Å²) >= 11 is 3.43. The Morgan fingerprint density at radius 1 is 1.12 bits per heavy atom. The lowest BCUT2D eigenvalue weighted by Gasteiger charge is -2.27. The minimum absolute atomic E-state index is 0.187. The standard InChI is InChI=1S/C23H28BrN5O3S2/c1-15-6-12-19(13-7-15)34(31,32)29-33(5)18-10-8-17(9-11-18)27-22-25-14-20(24)21(28-22)26-16(2)23(3,4)30/h6-14,16,30H,1-5H3,(H2,25,26,27,28)/t16-,33?/m1/s1. The largest absolute Gasteiger partial charge is 0.388 e. The molecule has 11 heteroatoms. The average molecular weight is 567 g/mol. The molecule has 0 saturated carbocycles. The Labute approximate surface area is 211 Å². The van der Waals surface area contributed by atoms with E-state index in [0.717, 1.165) is 16.1 Å². The molecule has 0 bridgehead atoms. The van der Waals surface area contributed by atoms with E-state index in [2.05, 4.69) is 40.3 Å². The number of aryl methyl sites for hydroxylation is 1. The zero-order valence-corrected chi connectivity index (χ0v) is 22.8. The molecule has 0 radical (unpaired) electrons. The summed E-state index contributed by atoms with van der Waals surface area (Å²) in [6.07, 6.45) is 3.40. The van der Waals surface area contributed by atoms with Crippen LogP contribution in [0.2, 0.25) is 0 Å². The van der Waals surface area contributed by atoms with Crippen LogP contribution in [0.15, 0.2) is 72.8 Å². The fourth-order valence-corrected chi connectivity index (χ4v) is 5.90. The first kappa shape index (κ1) is 26.3. The Morgan fingerprint density at radius 3 is 2.32 bits per heavy atom. The number of nitrogens with one attached hydrogen (secondary N) is 2. The number of rotatable bonds is 8. The van der Waals surface area contributed by atoms with Gasteiger partial charge in [0.05, 0.1) is 21.0 Å². The molecular weight excluding hydrogens is 538 g/mol. The van der Waals surface area contributed by atoms with Crippen LogP contribution in [0, 0.1) is 6.92 Å². The van der Waals surface area contributed by atoms with E-state index in [1.54, 1.807) is 50.6 Å². The average Bonchev–Trinajstić information content (AvgIpc) is 2.76. The van der Waals surface area contributed by atoms with Crippen molar-refractivity contribution in [3.8, 4) is 0 Å². The Hall–Kier alpha value is -2.34. The first-order valence-corrected chi connectivity index (χ1v) is 14.3. The molecule has 0 fully saturated rings. The van der Waals surface area contributed by atoms with Gasteiger partial charge in [-0.1, -0.05) is 28.4 Å². The van der Waals surface area contributed by atoms with Gasteiger partial charge in [0.1, 0.15) is 5.82 Å². The summed E-state index contributed by atoms with van der Waals surface area (Å²) in [6, 6.07) is 13.7. The molecule has 1 aromatic heterocycles.